The highest BCUT2D eigenvalue weighted by molar-refractivity contribution is 5.99. The highest BCUT2D eigenvalue weighted by atomic mass is 16.2. The molecule has 1 N–H and O–H groups in total. The number of nitrogens with zero attached hydrogens (tertiary/aromatic N) is 3. The summed E-state index contributed by atoms with van der Waals surface area (Å²) in [7, 11) is 0. The van der Waals surface area contributed by atoms with E-state index < -0.39 is 0 Å². The molecule has 0 radical (unpaired) electrons. The Morgan fingerprint density at radius 1 is 0.962 bits per heavy atom. The van der Waals surface area contributed by atoms with Crippen LogP contribution in [0.1, 0.15) is 59.7 Å². The zero-order valence-electron chi connectivity index (χ0n) is 15.2. The molecule has 0 bridgehead atoms. The molecule has 2 heterocycles. The highest BCUT2D eigenvalue weighted by Crippen LogP contribution is 2.18. The van der Waals surface area contributed by atoms with Gasteiger partial charge in [-0.3, -0.25) is 19.4 Å². The van der Waals surface area contributed by atoms with Gasteiger partial charge in [0.05, 0.1) is 11.1 Å². The second kappa shape index (κ2) is 8.29. The zero-order chi connectivity index (χ0) is 18.5. The van der Waals surface area contributed by atoms with Gasteiger partial charge in [0.25, 0.3) is 11.8 Å². The third-order valence-electron chi connectivity index (χ3n) is 5.20. The topological polar surface area (TPSA) is 82.6 Å². The van der Waals surface area contributed by atoms with Crippen LogP contribution in [0.3, 0.4) is 0 Å². The van der Waals surface area contributed by atoms with Crippen LogP contribution < -0.4 is 5.32 Å². The number of hydrogen-bond acceptors (Lipinski definition) is 4. The lowest BCUT2D eigenvalue weighted by molar-refractivity contribution is -0.130. The van der Waals surface area contributed by atoms with Crippen molar-refractivity contribution in [2.24, 2.45) is 0 Å². The number of pyridine rings is 1. The average Bonchev–Trinajstić information content (AvgIpc) is 2.68. The number of rotatable bonds is 3. The molecule has 0 atom stereocenters. The van der Waals surface area contributed by atoms with E-state index in [9.17, 15) is 14.4 Å². The molecule has 0 unspecified atom stereocenters. The van der Waals surface area contributed by atoms with Gasteiger partial charge in [-0.25, -0.2) is 0 Å². The van der Waals surface area contributed by atoms with Crippen LogP contribution in [0.15, 0.2) is 18.5 Å². The maximum atomic E-state index is 12.7. The number of hydrogen-bond donors (Lipinski definition) is 1. The van der Waals surface area contributed by atoms with Crippen LogP contribution in [0.2, 0.25) is 0 Å². The molecule has 7 nitrogen and oxygen atoms in total. The van der Waals surface area contributed by atoms with Crippen LogP contribution in [-0.4, -0.2) is 64.7 Å². The van der Waals surface area contributed by atoms with E-state index in [1.807, 2.05) is 0 Å². The molecule has 1 aliphatic carbocycles. The standard InChI is InChI=1S/C19H26N4O3/c1-14(24)22-7-9-23(10-8-22)19(26)16-11-15(12-20-13-16)18(25)21-17-5-3-2-4-6-17/h11-13,17H,2-10H2,1H3,(H,21,25). The molecule has 7 heteroatoms. The van der Waals surface area contributed by atoms with E-state index in [2.05, 4.69) is 10.3 Å². The summed E-state index contributed by atoms with van der Waals surface area (Å²) in [5.74, 6) is -0.284. The van der Waals surface area contributed by atoms with E-state index in [1.165, 1.54) is 25.7 Å². The van der Waals surface area contributed by atoms with Crippen LogP contribution in [0.5, 0.6) is 0 Å². The average molecular weight is 358 g/mol. The fourth-order valence-corrected chi connectivity index (χ4v) is 3.60. The predicted octanol–water partition coefficient (Wildman–Crippen LogP) is 1.45. The molecule has 140 valence electrons. The molecule has 1 aromatic rings. The second-order valence-electron chi connectivity index (χ2n) is 7.07. The van der Waals surface area contributed by atoms with Gasteiger partial charge < -0.3 is 15.1 Å². The molecule has 3 amide bonds. The van der Waals surface area contributed by atoms with Crippen molar-refractivity contribution >= 4 is 17.7 Å². The Morgan fingerprint density at radius 3 is 2.23 bits per heavy atom. The summed E-state index contributed by atoms with van der Waals surface area (Å²) in [4.78, 5) is 44.1. The van der Waals surface area contributed by atoms with E-state index in [0.29, 0.717) is 37.3 Å². The second-order valence-corrected chi connectivity index (χ2v) is 7.07. The zero-order valence-corrected chi connectivity index (χ0v) is 15.2. The smallest absolute Gasteiger partial charge is 0.255 e. The van der Waals surface area contributed by atoms with Crippen LogP contribution in [0.4, 0.5) is 0 Å². The minimum atomic E-state index is -0.166. The van der Waals surface area contributed by atoms with E-state index in [0.717, 1.165) is 25.7 Å². The van der Waals surface area contributed by atoms with Gasteiger partial charge in [-0.05, 0) is 18.9 Å². The number of piperazine rings is 1. The fourth-order valence-electron chi connectivity index (χ4n) is 3.60. The molecule has 0 aromatic carbocycles. The molecule has 1 aromatic heterocycles. The SMILES string of the molecule is CC(=O)N1CCN(C(=O)c2cncc(C(=O)NC3CCCCC3)c2)CC1. The van der Waals surface area contributed by atoms with Crippen molar-refractivity contribution in [3.63, 3.8) is 0 Å². The number of amides is 3. The molecular weight excluding hydrogens is 332 g/mol. The molecule has 1 saturated carbocycles. The number of nitrogens with one attached hydrogen (secondary N) is 1. The van der Waals surface area contributed by atoms with Gasteiger partial charge in [-0.15, -0.1) is 0 Å². The van der Waals surface area contributed by atoms with Crippen molar-refractivity contribution in [1.82, 2.24) is 20.1 Å². The molecular formula is C19H26N4O3. The Bertz CT molecular complexity index is 677. The third kappa shape index (κ3) is 4.39. The summed E-state index contributed by atoms with van der Waals surface area (Å²) in [6.45, 7) is 3.61. The Morgan fingerprint density at radius 2 is 1.58 bits per heavy atom. The molecule has 3 rings (SSSR count). The van der Waals surface area contributed by atoms with Gasteiger partial charge in [0.15, 0.2) is 0 Å². The van der Waals surface area contributed by atoms with Gasteiger partial charge in [0, 0.05) is 51.5 Å². The lowest BCUT2D eigenvalue weighted by Crippen LogP contribution is -2.50. The summed E-state index contributed by atoms with van der Waals surface area (Å²) in [6, 6.07) is 1.83. The van der Waals surface area contributed by atoms with Crippen molar-refractivity contribution < 1.29 is 14.4 Å². The lowest BCUT2D eigenvalue weighted by Gasteiger charge is -2.34. The molecule has 1 aliphatic heterocycles. The third-order valence-corrected chi connectivity index (χ3v) is 5.20. The molecule has 0 spiro atoms. The van der Waals surface area contributed by atoms with Crippen molar-refractivity contribution in [2.75, 3.05) is 26.2 Å². The fraction of sp³-hybridized carbons (Fsp3) is 0.579. The van der Waals surface area contributed by atoms with Crippen molar-refractivity contribution in [2.45, 2.75) is 45.1 Å². The maximum Gasteiger partial charge on any atom is 0.255 e. The summed E-state index contributed by atoms with van der Waals surface area (Å²) in [5, 5.41) is 3.05. The highest BCUT2D eigenvalue weighted by Gasteiger charge is 2.24. The normalized spacial score (nSPS) is 18.5. The molecule has 1 saturated heterocycles. The summed E-state index contributed by atoms with van der Waals surface area (Å²) >= 11 is 0. The lowest BCUT2D eigenvalue weighted by atomic mass is 9.95. The number of aromatic nitrogens is 1. The minimum Gasteiger partial charge on any atom is -0.349 e. The summed E-state index contributed by atoms with van der Waals surface area (Å²) in [5.41, 5.74) is 0.835. The predicted molar refractivity (Wildman–Crippen MR) is 96.7 cm³/mol. The largest absolute Gasteiger partial charge is 0.349 e. The maximum absolute atomic E-state index is 12.7. The molecule has 2 aliphatic rings. The van der Waals surface area contributed by atoms with E-state index >= 15 is 0 Å². The van der Waals surface area contributed by atoms with Crippen molar-refractivity contribution in [3.05, 3.63) is 29.6 Å². The first-order valence-electron chi connectivity index (χ1n) is 9.35. The molecule has 26 heavy (non-hydrogen) atoms. The quantitative estimate of drug-likeness (QED) is 0.886. The van der Waals surface area contributed by atoms with Crippen LogP contribution >= 0.6 is 0 Å². The van der Waals surface area contributed by atoms with Gasteiger partial charge in [0.2, 0.25) is 5.91 Å². The monoisotopic (exact) mass is 358 g/mol. The van der Waals surface area contributed by atoms with Crippen LogP contribution in [0.25, 0.3) is 0 Å². The first-order chi connectivity index (χ1) is 12.5. The van der Waals surface area contributed by atoms with Gasteiger partial charge in [-0.2, -0.15) is 0 Å². The minimum absolute atomic E-state index is 0.0279. The molecule has 2 fully saturated rings. The van der Waals surface area contributed by atoms with E-state index in [4.69, 9.17) is 0 Å². The summed E-state index contributed by atoms with van der Waals surface area (Å²) < 4.78 is 0. The van der Waals surface area contributed by atoms with Gasteiger partial charge in [0.1, 0.15) is 0 Å². The first-order valence-corrected chi connectivity index (χ1v) is 9.35. The first kappa shape index (κ1) is 18.4. The van der Waals surface area contributed by atoms with E-state index in [-0.39, 0.29) is 23.8 Å². The van der Waals surface area contributed by atoms with E-state index in [1.54, 1.807) is 15.9 Å². The van der Waals surface area contributed by atoms with Crippen molar-refractivity contribution in [1.29, 1.82) is 0 Å². The Kier molecular flexibility index (Phi) is 5.85. The Hall–Kier alpha value is -2.44. The van der Waals surface area contributed by atoms with Crippen molar-refractivity contribution in [3.8, 4) is 0 Å². The number of carbonyl (C=O) groups is 3. The summed E-state index contributed by atoms with van der Waals surface area (Å²) in [6.07, 6.45) is 8.55. The number of carbonyl (C=O) groups excluding carboxylic acids is 3. The Balaban J connectivity index is 1.62. The van der Waals surface area contributed by atoms with Gasteiger partial charge in [-0.1, -0.05) is 19.3 Å². The van der Waals surface area contributed by atoms with Crippen LogP contribution in [0, 0.1) is 0 Å². The van der Waals surface area contributed by atoms with Crippen LogP contribution in [-0.2, 0) is 4.79 Å². The Labute approximate surface area is 153 Å². The van der Waals surface area contributed by atoms with Gasteiger partial charge >= 0.3 is 0 Å².